The number of halogens is 4. The number of hydrogen-bond acceptors (Lipinski definition) is 5. The van der Waals surface area contributed by atoms with Crippen molar-refractivity contribution in [2.45, 2.75) is 56.6 Å². The zero-order valence-corrected chi connectivity index (χ0v) is 11.3. The van der Waals surface area contributed by atoms with E-state index < -0.39 is 31.1 Å². The van der Waals surface area contributed by atoms with Crippen LogP contribution in [0.3, 0.4) is 0 Å². The van der Waals surface area contributed by atoms with Gasteiger partial charge >= 0.3 is 12.3 Å². The molecule has 0 atom stereocenters. The van der Waals surface area contributed by atoms with Gasteiger partial charge in [0.15, 0.2) is 5.82 Å². The van der Waals surface area contributed by atoms with Crippen molar-refractivity contribution in [1.82, 2.24) is 10.1 Å². The number of aromatic nitrogens is 2. The lowest BCUT2D eigenvalue weighted by Gasteiger charge is -2.29. The number of ether oxygens (including phenoxy) is 1. The van der Waals surface area contributed by atoms with Crippen molar-refractivity contribution in [2.75, 3.05) is 6.61 Å². The molecule has 0 unspecified atom stereocenters. The third kappa shape index (κ3) is 3.91. The highest BCUT2D eigenvalue weighted by molar-refractivity contribution is 5.03. The summed E-state index contributed by atoms with van der Waals surface area (Å²) in [4.78, 5) is 4.01. The predicted molar refractivity (Wildman–Crippen MR) is 63.9 cm³/mol. The highest BCUT2D eigenvalue weighted by atomic mass is 19.3. The van der Waals surface area contributed by atoms with Gasteiger partial charge in [-0.15, -0.1) is 0 Å². The first-order valence-corrected chi connectivity index (χ1v) is 6.69. The Morgan fingerprint density at radius 3 is 2.57 bits per heavy atom. The summed E-state index contributed by atoms with van der Waals surface area (Å²) in [6.07, 6.45) is 0.633. The zero-order valence-electron chi connectivity index (χ0n) is 11.3. The van der Waals surface area contributed by atoms with Gasteiger partial charge in [-0.05, 0) is 12.8 Å². The Balaban J connectivity index is 1.89. The molecular weight excluding hydrogens is 294 g/mol. The van der Waals surface area contributed by atoms with Crippen molar-refractivity contribution in [3.05, 3.63) is 11.7 Å². The summed E-state index contributed by atoms with van der Waals surface area (Å²) in [6, 6.07) is 0. The average molecular weight is 311 g/mol. The molecule has 120 valence electrons. The Morgan fingerprint density at radius 1 is 1.29 bits per heavy atom. The third-order valence-electron chi connectivity index (χ3n) is 3.48. The smallest absolute Gasteiger partial charge is 0.330 e. The van der Waals surface area contributed by atoms with Crippen molar-refractivity contribution < 1.29 is 26.8 Å². The van der Waals surface area contributed by atoms with Crippen LogP contribution in [0.1, 0.15) is 43.8 Å². The summed E-state index contributed by atoms with van der Waals surface area (Å²) in [5, 5.41) is 3.58. The van der Waals surface area contributed by atoms with Gasteiger partial charge in [-0.2, -0.15) is 13.8 Å². The maximum Gasteiger partial charge on any atom is 0.330 e. The highest BCUT2D eigenvalue weighted by Gasteiger charge is 2.41. The fourth-order valence-electron chi connectivity index (χ4n) is 2.25. The monoisotopic (exact) mass is 311 g/mol. The number of hydrogen-bond donors (Lipinski definition) is 1. The average Bonchev–Trinajstić information content (AvgIpc) is 2.89. The summed E-state index contributed by atoms with van der Waals surface area (Å²) in [5.41, 5.74) is 5.48. The van der Waals surface area contributed by atoms with Crippen molar-refractivity contribution in [1.29, 1.82) is 0 Å². The van der Waals surface area contributed by atoms with E-state index in [0.29, 0.717) is 12.8 Å². The molecule has 1 saturated carbocycles. The van der Waals surface area contributed by atoms with Crippen molar-refractivity contribution in [3.63, 3.8) is 0 Å². The van der Waals surface area contributed by atoms with Crippen LogP contribution in [-0.2, 0) is 16.9 Å². The van der Waals surface area contributed by atoms with Gasteiger partial charge in [0.25, 0.3) is 0 Å². The van der Waals surface area contributed by atoms with Crippen LogP contribution in [0.4, 0.5) is 17.6 Å². The van der Waals surface area contributed by atoms with E-state index in [1.807, 2.05) is 0 Å². The lowest BCUT2D eigenvalue weighted by Crippen LogP contribution is -2.39. The standard InChI is InChI=1S/C12H17F4N3O2/c13-9(14)12(15,16)7-20-6-8-18-10(21-19-8)11(17)4-2-1-3-5-11/h9H,1-7,17H2. The van der Waals surface area contributed by atoms with Gasteiger partial charge in [-0.1, -0.05) is 24.4 Å². The predicted octanol–water partition coefficient (Wildman–Crippen LogP) is 2.60. The van der Waals surface area contributed by atoms with Gasteiger partial charge in [-0.25, -0.2) is 8.78 Å². The van der Waals surface area contributed by atoms with Crippen molar-refractivity contribution in [2.24, 2.45) is 5.73 Å². The van der Waals surface area contributed by atoms with E-state index in [0.717, 1.165) is 19.3 Å². The van der Waals surface area contributed by atoms with E-state index in [4.69, 9.17) is 10.3 Å². The van der Waals surface area contributed by atoms with E-state index in [1.165, 1.54) is 0 Å². The molecule has 1 fully saturated rings. The topological polar surface area (TPSA) is 74.2 Å². The first kappa shape index (κ1) is 16.2. The molecule has 0 amide bonds. The molecule has 1 aliphatic rings. The number of alkyl halides is 4. The van der Waals surface area contributed by atoms with E-state index in [1.54, 1.807) is 0 Å². The van der Waals surface area contributed by atoms with Crippen molar-refractivity contribution >= 4 is 0 Å². The molecule has 1 heterocycles. The molecule has 2 N–H and O–H groups in total. The van der Waals surface area contributed by atoms with Crippen LogP contribution in [0.2, 0.25) is 0 Å². The normalized spacial score (nSPS) is 19.1. The third-order valence-corrected chi connectivity index (χ3v) is 3.48. The molecule has 0 aromatic carbocycles. The first-order chi connectivity index (χ1) is 9.83. The molecule has 9 heteroatoms. The largest absolute Gasteiger partial charge is 0.367 e. The Kier molecular flexibility index (Phi) is 4.82. The number of rotatable bonds is 6. The number of nitrogens with zero attached hydrogens (tertiary/aromatic N) is 2. The first-order valence-electron chi connectivity index (χ1n) is 6.69. The van der Waals surface area contributed by atoms with Gasteiger partial charge in [0.1, 0.15) is 13.2 Å². The Hall–Kier alpha value is -1.22. The van der Waals surface area contributed by atoms with E-state index in [-0.39, 0.29) is 11.7 Å². The van der Waals surface area contributed by atoms with Crippen LogP contribution >= 0.6 is 0 Å². The van der Waals surface area contributed by atoms with Crippen LogP contribution in [-0.4, -0.2) is 29.1 Å². The molecule has 1 aromatic heterocycles. The lowest BCUT2D eigenvalue weighted by atomic mass is 9.82. The maximum absolute atomic E-state index is 12.6. The minimum Gasteiger partial charge on any atom is -0.367 e. The SMILES string of the molecule is NC1(c2nc(COCC(F)(F)C(F)F)no2)CCCCC1. The van der Waals surface area contributed by atoms with Gasteiger partial charge in [0.05, 0.1) is 5.54 Å². The molecule has 0 aliphatic heterocycles. The summed E-state index contributed by atoms with van der Waals surface area (Å²) < 4.78 is 58.7. The fourth-order valence-corrected chi connectivity index (χ4v) is 2.25. The van der Waals surface area contributed by atoms with E-state index >= 15 is 0 Å². The second-order valence-electron chi connectivity index (χ2n) is 5.29. The Morgan fingerprint density at radius 2 is 1.95 bits per heavy atom. The fraction of sp³-hybridized carbons (Fsp3) is 0.833. The molecule has 1 aromatic rings. The maximum atomic E-state index is 12.6. The van der Waals surface area contributed by atoms with Gasteiger partial charge in [0, 0.05) is 0 Å². The summed E-state index contributed by atoms with van der Waals surface area (Å²) in [7, 11) is 0. The van der Waals surface area contributed by atoms with Crippen LogP contribution < -0.4 is 5.73 Å². The molecule has 0 spiro atoms. The summed E-state index contributed by atoms with van der Waals surface area (Å²) in [5.74, 6) is -3.93. The van der Waals surface area contributed by atoms with Crippen LogP contribution in [0, 0.1) is 0 Å². The Bertz CT molecular complexity index is 461. The highest BCUT2D eigenvalue weighted by Crippen LogP contribution is 2.33. The Labute approximate surface area is 118 Å². The molecule has 21 heavy (non-hydrogen) atoms. The van der Waals surface area contributed by atoms with Gasteiger partial charge < -0.3 is 15.0 Å². The minimum absolute atomic E-state index is 0.0189. The molecule has 0 bridgehead atoms. The second kappa shape index (κ2) is 6.27. The van der Waals surface area contributed by atoms with Crippen LogP contribution in [0.25, 0.3) is 0 Å². The zero-order chi connectivity index (χ0) is 15.5. The molecule has 0 saturated heterocycles. The lowest BCUT2D eigenvalue weighted by molar-refractivity contribution is -0.168. The molecule has 0 radical (unpaired) electrons. The van der Waals surface area contributed by atoms with E-state index in [9.17, 15) is 17.6 Å². The number of nitrogens with two attached hydrogens (primary N) is 1. The molecular formula is C12H17F4N3O2. The molecule has 5 nitrogen and oxygen atoms in total. The van der Waals surface area contributed by atoms with Crippen LogP contribution in [0.5, 0.6) is 0 Å². The minimum atomic E-state index is -4.19. The van der Waals surface area contributed by atoms with Crippen molar-refractivity contribution in [3.8, 4) is 0 Å². The second-order valence-corrected chi connectivity index (χ2v) is 5.29. The quantitative estimate of drug-likeness (QED) is 0.817. The molecule has 1 aliphatic carbocycles. The van der Waals surface area contributed by atoms with Gasteiger partial charge in [-0.3, -0.25) is 0 Å². The summed E-state index contributed by atoms with van der Waals surface area (Å²) in [6.45, 7) is -1.83. The van der Waals surface area contributed by atoms with E-state index in [2.05, 4.69) is 14.9 Å². The van der Waals surface area contributed by atoms with Gasteiger partial charge in [0.2, 0.25) is 5.89 Å². The molecule has 2 rings (SSSR count). The summed E-state index contributed by atoms with van der Waals surface area (Å²) >= 11 is 0. The van der Waals surface area contributed by atoms with Crippen LogP contribution in [0.15, 0.2) is 4.52 Å².